The summed E-state index contributed by atoms with van der Waals surface area (Å²) in [5.41, 5.74) is 8.60. The number of aromatic nitrogens is 1. The number of nitrogens with two attached hydrogens (primary N) is 1. The molecule has 0 bridgehead atoms. The van der Waals surface area contributed by atoms with Gasteiger partial charge in [-0.15, -0.1) is 11.3 Å². The average Bonchev–Trinajstić information content (AvgIpc) is 3.07. The number of methoxy groups -OCH3 is 2. The van der Waals surface area contributed by atoms with E-state index >= 15 is 0 Å². The highest BCUT2D eigenvalue weighted by Gasteiger charge is 2.23. The van der Waals surface area contributed by atoms with Gasteiger partial charge in [-0.1, -0.05) is 15.9 Å². The molecule has 1 heterocycles. The second kappa shape index (κ2) is 5.94. The first kappa shape index (κ1) is 14.8. The van der Waals surface area contributed by atoms with E-state index in [4.69, 9.17) is 20.2 Å². The van der Waals surface area contributed by atoms with Crippen LogP contribution < -0.4 is 15.2 Å². The third-order valence-electron chi connectivity index (χ3n) is 3.72. The van der Waals surface area contributed by atoms with Crippen LogP contribution in [0.25, 0.3) is 0 Å². The molecular formula is C15H17BrN2O2S. The lowest BCUT2D eigenvalue weighted by Gasteiger charge is -2.15. The predicted octanol–water partition coefficient (Wildman–Crippen LogP) is 3.46. The predicted molar refractivity (Wildman–Crippen MR) is 87.4 cm³/mol. The molecule has 1 aromatic heterocycles. The molecular weight excluding hydrogens is 352 g/mol. The topological polar surface area (TPSA) is 57.4 Å². The highest BCUT2D eigenvalue weighted by atomic mass is 79.9. The van der Waals surface area contributed by atoms with Crippen molar-refractivity contribution in [3.8, 4) is 11.5 Å². The Balaban J connectivity index is 1.98. The average molecular weight is 369 g/mol. The van der Waals surface area contributed by atoms with Gasteiger partial charge in [0.15, 0.2) is 11.5 Å². The van der Waals surface area contributed by atoms with Crippen LogP contribution in [0.1, 0.15) is 33.6 Å². The van der Waals surface area contributed by atoms with Crippen LogP contribution in [0.3, 0.4) is 0 Å². The normalized spacial score (nSPS) is 14.9. The van der Waals surface area contributed by atoms with Crippen LogP contribution in [0.2, 0.25) is 0 Å². The first-order valence-electron chi connectivity index (χ1n) is 6.79. The summed E-state index contributed by atoms with van der Waals surface area (Å²) in [4.78, 5) is 6.09. The fourth-order valence-electron chi connectivity index (χ4n) is 2.58. The zero-order valence-corrected chi connectivity index (χ0v) is 14.4. The van der Waals surface area contributed by atoms with Crippen molar-refractivity contribution in [2.24, 2.45) is 5.73 Å². The smallest absolute Gasteiger partial charge is 0.161 e. The fourth-order valence-corrected chi connectivity index (χ4v) is 4.33. The summed E-state index contributed by atoms with van der Waals surface area (Å²) in [6.07, 6.45) is 3.42. The molecule has 1 aliphatic rings. The zero-order chi connectivity index (χ0) is 15.0. The number of rotatable bonds is 4. The van der Waals surface area contributed by atoms with Crippen molar-refractivity contribution in [2.75, 3.05) is 14.2 Å². The molecule has 6 heteroatoms. The first-order valence-corrected chi connectivity index (χ1v) is 8.40. The molecule has 1 unspecified atom stereocenters. The van der Waals surface area contributed by atoms with Crippen molar-refractivity contribution in [1.82, 2.24) is 4.98 Å². The number of hydrogen-bond donors (Lipinski definition) is 1. The summed E-state index contributed by atoms with van der Waals surface area (Å²) >= 11 is 5.29. The lowest BCUT2D eigenvalue weighted by molar-refractivity contribution is 0.354. The Hall–Kier alpha value is -1.11. The van der Waals surface area contributed by atoms with Gasteiger partial charge in [-0.05, 0) is 37.0 Å². The fraction of sp³-hybridized carbons (Fsp3) is 0.400. The third kappa shape index (κ3) is 2.67. The maximum absolute atomic E-state index is 6.41. The molecule has 0 aliphatic heterocycles. The largest absolute Gasteiger partial charge is 0.493 e. The molecule has 3 rings (SSSR count). The van der Waals surface area contributed by atoms with Crippen LogP contribution in [-0.4, -0.2) is 19.2 Å². The van der Waals surface area contributed by atoms with Gasteiger partial charge in [-0.3, -0.25) is 0 Å². The SMILES string of the molecule is COc1cc(Br)c(C(N)c2nc3c(s2)CCC3)cc1OC. The lowest BCUT2D eigenvalue weighted by atomic mass is 10.1. The summed E-state index contributed by atoms with van der Waals surface area (Å²) in [6.45, 7) is 0. The van der Waals surface area contributed by atoms with Crippen molar-refractivity contribution >= 4 is 27.3 Å². The van der Waals surface area contributed by atoms with Crippen molar-refractivity contribution in [3.05, 3.63) is 37.7 Å². The van der Waals surface area contributed by atoms with Gasteiger partial charge in [0, 0.05) is 9.35 Å². The van der Waals surface area contributed by atoms with Gasteiger partial charge in [0.1, 0.15) is 5.01 Å². The molecule has 2 N–H and O–H groups in total. The minimum atomic E-state index is -0.255. The van der Waals surface area contributed by atoms with E-state index in [9.17, 15) is 0 Å². The van der Waals surface area contributed by atoms with E-state index in [1.165, 1.54) is 17.0 Å². The van der Waals surface area contributed by atoms with E-state index in [0.29, 0.717) is 11.5 Å². The second-order valence-corrected chi connectivity index (χ2v) is 6.95. The Bertz CT molecular complexity index is 650. The Morgan fingerprint density at radius 3 is 2.62 bits per heavy atom. The maximum Gasteiger partial charge on any atom is 0.161 e. The highest BCUT2D eigenvalue weighted by molar-refractivity contribution is 9.10. The van der Waals surface area contributed by atoms with Crippen molar-refractivity contribution < 1.29 is 9.47 Å². The highest BCUT2D eigenvalue weighted by Crippen LogP contribution is 2.39. The number of ether oxygens (including phenoxy) is 2. The lowest BCUT2D eigenvalue weighted by Crippen LogP contribution is -2.13. The number of fused-ring (bicyclic) bond motifs is 1. The van der Waals surface area contributed by atoms with Gasteiger partial charge < -0.3 is 15.2 Å². The van der Waals surface area contributed by atoms with E-state index in [1.54, 1.807) is 25.6 Å². The van der Waals surface area contributed by atoms with Crippen molar-refractivity contribution in [2.45, 2.75) is 25.3 Å². The van der Waals surface area contributed by atoms with Crippen LogP contribution in [0.5, 0.6) is 11.5 Å². The monoisotopic (exact) mass is 368 g/mol. The van der Waals surface area contributed by atoms with Gasteiger partial charge in [0.05, 0.1) is 26.0 Å². The number of benzene rings is 1. The summed E-state index contributed by atoms with van der Waals surface area (Å²) < 4.78 is 11.6. The van der Waals surface area contributed by atoms with E-state index in [1.807, 2.05) is 12.1 Å². The van der Waals surface area contributed by atoms with Crippen LogP contribution in [0, 0.1) is 0 Å². The van der Waals surface area contributed by atoms with E-state index in [0.717, 1.165) is 27.9 Å². The number of thiazole rings is 1. The molecule has 1 aromatic carbocycles. The number of hydrogen-bond acceptors (Lipinski definition) is 5. The van der Waals surface area contributed by atoms with Gasteiger partial charge in [-0.25, -0.2) is 4.98 Å². The summed E-state index contributed by atoms with van der Waals surface area (Å²) in [7, 11) is 3.24. The van der Waals surface area contributed by atoms with Gasteiger partial charge in [0.2, 0.25) is 0 Å². The number of aryl methyl sites for hydroxylation is 2. The summed E-state index contributed by atoms with van der Waals surface area (Å²) in [6, 6.07) is 3.55. The minimum Gasteiger partial charge on any atom is -0.493 e. The first-order chi connectivity index (χ1) is 10.1. The van der Waals surface area contributed by atoms with Crippen molar-refractivity contribution in [3.63, 3.8) is 0 Å². The molecule has 0 fully saturated rings. The number of nitrogens with zero attached hydrogens (tertiary/aromatic N) is 1. The van der Waals surface area contributed by atoms with Crippen LogP contribution in [0.15, 0.2) is 16.6 Å². The van der Waals surface area contributed by atoms with Crippen molar-refractivity contribution in [1.29, 1.82) is 0 Å². The Morgan fingerprint density at radius 1 is 1.24 bits per heavy atom. The molecule has 0 spiro atoms. The standard InChI is InChI=1S/C15H17BrN2O2S/c1-19-11-6-8(9(16)7-12(11)20-2)14(17)15-18-10-4-3-5-13(10)21-15/h6-7,14H,3-5,17H2,1-2H3. The minimum absolute atomic E-state index is 0.255. The Kier molecular flexibility index (Phi) is 4.19. The van der Waals surface area contributed by atoms with Gasteiger partial charge >= 0.3 is 0 Å². The number of halogens is 1. The molecule has 0 saturated carbocycles. The van der Waals surface area contributed by atoms with Crippen LogP contribution in [-0.2, 0) is 12.8 Å². The molecule has 1 aliphatic carbocycles. The van der Waals surface area contributed by atoms with E-state index < -0.39 is 0 Å². The van der Waals surface area contributed by atoms with Gasteiger partial charge in [0.25, 0.3) is 0 Å². The zero-order valence-electron chi connectivity index (χ0n) is 12.0. The molecule has 1 atom stereocenters. The molecule has 0 saturated heterocycles. The molecule has 112 valence electrons. The van der Waals surface area contributed by atoms with E-state index in [2.05, 4.69) is 15.9 Å². The molecule has 0 amide bonds. The summed E-state index contributed by atoms with van der Waals surface area (Å²) in [5.74, 6) is 1.36. The molecule has 2 aromatic rings. The third-order valence-corrected chi connectivity index (χ3v) is 5.64. The Morgan fingerprint density at radius 2 is 1.95 bits per heavy atom. The maximum atomic E-state index is 6.41. The quantitative estimate of drug-likeness (QED) is 0.897. The second-order valence-electron chi connectivity index (χ2n) is 4.98. The van der Waals surface area contributed by atoms with Gasteiger partial charge in [-0.2, -0.15) is 0 Å². The van der Waals surface area contributed by atoms with Crippen LogP contribution >= 0.6 is 27.3 Å². The molecule has 0 radical (unpaired) electrons. The van der Waals surface area contributed by atoms with Crippen LogP contribution in [0.4, 0.5) is 0 Å². The van der Waals surface area contributed by atoms with E-state index in [-0.39, 0.29) is 6.04 Å². The Labute approximate surface area is 136 Å². The molecule has 21 heavy (non-hydrogen) atoms. The summed E-state index contributed by atoms with van der Waals surface area (Å²) in [5, 5.41) is 0.965. The molecule has 4 nitrogen and oxygen atoms in total.